The maximum atomic E-state index is 9.89. The van der Waals surface area contributed by atoms with Crippen molar-refractivity contribution in [2.24, 2.45) is 5.73 Å². The van der Waals surface area contributed by atoms with Crippen molar-refractivity contribution >= 4 is 12.0 Å². The Morgan fingerprint density at radius 1 is 1.55 bits per heavy atom. The molecule has 2 N–H and O–H groups in total. The molecule has 1 radical (unpaired) electrons. The summed E-state index contributed by atoms with van der Waals surface area (Å²) in [6, 6.07) is 3.45. The molecule has 0 bridgehead atoms. The number of hydrogen-bond donors (Lipinski definition) is 1. The third kappa shape index (κ3) is 1.89. The van der Waals surface area contributed by atoms with Crippen molar-refractivity contribution in [3.63, 3.8) is 0 Å². The summed E-state index contributed by atoms with van der Waals surface area (Å²) in [4.78, 5) is 13.7. The van der Waals surface area contributed by atoms with Crippen LogP contribution in [0.15, 0.2) is 30.6 Å². The van der Waals surface area contributed by atoms with Crippen LogP contribution in [0.2, 0.25) is 0 Å². The van der Waals surface area contributed by atoms with Gasteiger partial charge in [-0.05, 0) is 12.1 Å². The van der Waals surface area contributed by atoms with Gasteiger partial charge in [-0.3, -0.25) is 9.78 Å². The number of rotatable bonds is 2. The van der Waals surface area contributed by atoms with Crippen LogP contribution >= 0.6 is 0 Å². The molecular formula is C8H7N2O. The maximum Gasteiger partial charge on any atom is 0.227 e. The fourth-order valence-corrected chi connectivity index (χ4v) is 0.691. The number of allylic oxidation sites excluding steroid dienone is 1. The summed E-state index contributed by atoms with van der Waals surface area (Å²) < 4.78 is 0. The van der Waals surface area contributed by atoms with E-state index in [1.165, 1.54) is 6.08 Å². The van der Waals surface area contributed by atoms with Crippen molar-refractivity contribution in [3.8, 4) is 0 Å². The van der Waals surface area contributed by atoms with Crippen LogP contribution in [0.25, 0.3) is 5.70 Å². The van der Waals surface area contributed by atoms with Crippen molar-refractivity contribution in [2.45, 2.75) is 0 Å². The normalized spacial score (nSPS) is 11.1. The monoisotopic (exact) mass is 147 g/mol. The first-order valence-electron chi connectivity index (χ1n) is 3.08. The molecule has 0 fully saturated rings. The van der Waals surface area contributed by atoms with E-state index in [-0.39, 0.29) is 0 Å². The lowest BCUT2D eigenvalue weighted by Crippen LogP contribution is -1.95. The highest BCUT2D eigenvalue weighted by atomic mass is 16.1. The molecule has 0 amide bonds. The van der Waals surface area contributed by atoms with Gasteiger partial charge in [-0.1, -0.05) is 0 Å². The Morgan fingerprint density at radius 2 is 2.18 bits per heavy atom. The summed E-state index contributed by atoms with van der Waals surface area (Å²) in [7, 11) is 0. The highest BCUT2D eigenvalue weighted by molar-refractivity contribution is 5.80. The van der Waals surface area contributed by atoms with Gasteiger partial charge >= 0.3 is 0 Å². The maximum absolute atomic E-state index is 9.89. The van der Waals surface area contributed by atoms with Crippen molar-refractivity contribution in [3.05, 3.63) is 36.2 Å². The Kier molecular flexibility index (Phi) is 2.38. The van der Waals surface area contributed by atoms with E-state index in [0.29, 0.717) is 5.70 Å². The first-order chi connectivity index (χ1) is 5.34. The Hall–Kier alpha value is -1.64. The summed E-state index contributed by atoms with van der Waals surface area (Å²) in [5.74, 6) is 0. The zero-order valence-electron chi connectivity index (χ0n) is 5.82. The highest BCUT2D eigenvalue weighted by Gasteiger charge is 1.92. The molecule has 0 atom stereocenters. The van der Waals surface area contributed by atoms with Gasteiger partial charge in [-0.2, -0.15) is 0 Å². The number of nitrogens with zero attached hydrogens (tertiary/aromatic N) is 1. The Labute approximate surface area is 64.6 Å². The van der Waals surface area contributed by atoms with Gasteiger partial charge in [-0.15, -0.1) is 0 Å². The fourth-order valence-electron chi connectivity index (χ4n) is 0.691. The molecule has 1 aromatic heterocycles. The molecule has 0 aliphatic rings. The molecule has 0 saturated heterocycles. The van der Waals surface area contributed by atoms with Gasteiger partial charge in [0.25, 0.3) is 0 Å². The van der Waals surface area contributed by atoms with Gasteiger partial charge in [0.1, 0.15) is 0 Å². The van der Waals surface area contributed by atoms with Gasteiger partial charge in [0.2, 0.25) is 6.29 Å². The molecule has 0 unspecified atom stereocenters. The van der Waals surface area contributed by atoms with Crippen LogP contribution in [0, 0.1) is 0 Å². The quantitative estimate of drug-likeness (QED) is 0.619. The van der Waals surface area contributed by atoms with E-state index in [1.54, 1.807) is 30.8 Å². The number of pyridine rings is 1. The van der Waals surface area contributed by atoms with Crippen LogP contribution in [0.1, 0.15) is 5.56 Å². The van der Waals surface area contributed by atoms with E-state index in [1.807, 2.05) is 0 Å². The van der Waals surface area contributed by atoms with Crippen LogP contribution in [-0.2, 0) is 4.79 Å². The smallest absolute Gasteiger partial charge is 0.227 e. The zero-order valence-corrected chi connectivity index (χ0v) is 5.82. The molecule has 1 heterocycles. The fraction of sp³-hybridized carbons (Fsp3) is 0. The first-order valence-corrected chi connectivity index (χ1v) is 3.08. The van der Waals surface area contributed by atoms with Gasteiger partial charge < -0.3 is 5.73 Å². The van der Waals surface area contributed by atoms with E-state index in [9.17, 15) is 4.79 Å². The average Bonchev–Trinajstić information content (AvgIpc) is 2.07. The molecule has 11 heavy (non-hydrogen) atoms. The average molecular weight is 147 g/mol. The van der Waals surface area contributed by atoms with Gasteiger partial charge in [-0.25, -0.2) is 0 Å². The van der Waals surface area contributed by atoms with E-state index in [0.717, 1.165) is 5.56 Å². The third-order valence-electron chi connectivity index (χ3n) is 1.23. The summed E-state index contributed by atoms with van der Waals surface area (Å²) in [5.41, 5.74) is 6.66. The van der Waals surface area contributed by atoms with Crippen LogP contribution < -0.4 is 5.73 Å². The van der Waals surface area contributed by atoms with Crippen molar-refractivity contribution in [2.75, 3.05) is 0 Å². The second-order valence-electron chi connectivity index (χ2n) is 1.95. The Morgan fingerprint density at radius 3 is 2.73 bits per heavy atom. The molecule has 0 aromatic carbocycles. The number of hydrogen-bond acceptors (Lipinski definition) is 3. The van der Waals surface area contributed by atoms with E-state index < -0.39 is 0 Å². The molecule has 1 rings (SSSR count). The van der Waals surface area contributed by atoms with Crippen molar-refractivity contribution in [1.82, 2.24) is 4.98 Å². The van der Waals surface area contributed by atoms with Crippen LogP contribution in [-0.4, -0.2) is 11.3 Å². The van der Waals surface area contributed by atoms with Crippen LogP contribution in [0.4, 0.5) is 0 Å². The lowest BCUT2D eigenvalue weighted by molar-refractivity contribution is 0.564. The lowest BCUT2D eigenvalue weighted by Gasteiger charge is -1.96. The summed E-state index contributed by atoms with van der Waals surface area (Å²) >= 11 is 0. The number of aromatic nitrogens is 1. The minimum atomic E-state index is 0.405. The minimum absolute atomic E-state index is 0.405. The van der Waals surface area contributed by atoms with E-state index >= 15 is 0 Å². The first kappa shape index (κ1) is 7.47. The van der Waals surface area contributed by atoms with Gasteiger partial charge in [0.15, 0.2) is 0 Å². The Bertz CT molecular complexity index is 267. The SMILES string of the molecule is N/C(=C\[C]=O)c1ccncc1. The van der Waals surface area contributed by atoms with Crippen LogP contribution in [0.5, 0.6) is 0 Å². The largest absolute Gasteiger partial charge is 0.398 e. The third-order valence-corrected chi connectivity index (χ3v) is 1.23. The minimum Gasteiger partial charge on any atom is -0.398 e. The molecule has 55 valence electrons. The molecule has 3 nitrogen and oxygen atoms in total. The van der Waals surface area contributed by atoms with Gasteiger partial charge in [0.05, 0.1) is 0 Å². The zero-order chi connectivity index (χ0) is 8.10. The summed E-state index contributed by atoms with van der Waals surface area (Å²) in [5, 5.41) is 0. The lowest BCUT2D eigenvalue weighted by atomic mass is 10.2. The summed E-state index contributed by atoms with van der Waals surface area (Å²) in [6.45, 7) is 0. The van der Waals surface area contributed by atoms with Crippen molar-refractivity contribution < 1.29 is 4.79 Å². The molecule has 1 aromatic rings. The van der Waals surface area contributed by atoms with Crippen molar-refractivity contribution in [1.29, 1.82) is 0 Å². The Balaban J connectivity index is 2.94. The molecule has 0 spiro atoms. The molecule has 0 aliphatic heterocycles. The molecule has 3 heteroatoms. The predicted molar refractivity (Wildman–Crippen MR) is 42.1 cm³/mol. The standard InChI is InChI=1S/C8H7N2O/c9-8(3-6-11)7-1-4-10-5-2-7/h1-5H,9H2/b8-3-. The molecule has 0 aliphatic carbocycles. The highest BCUT2D eigenvalue weighted by Crippen LogP contribution is 2.04. The van der Waals surface area contributed by atoms with E-state index in [4.69, 9.17) is 5.73 Å². The van der Waals surface area contributed by atoms with Crippen LogP contribution in [0.3, 0.4) is 0 Å². The number of nitrogens with two attached hydrogens (primary N) is 1. The summed E-state index contributed by atoms with van der Waals surface area (Å²) in [6.07, 6.45) is 6.02. The second-order valence-corrected chi connectivity index (χ2v) is 1.95. The molecule has 0 saturated carbocycles. The van der Waals surface area contributed by atoms with Gasteiger partial charge in [0, 0.05) is 29.7 Å². The second kappa shape index (κ2) is 3.51. The predicted octanol–water partition coefficient (Wildman–Crippen LogP) is 0.491. The van der Waals surface area contributed by atoms with E-state index in [2.05, 4.69) is 4.98 Å². The topological polar surface area (TPSA) is 56.0 Å². The molecular weight excluding hydrogens is 140 g/mol. The number of carbonyl (C=O) groups excluding carboxylic acids is 1.